The molecule has 13 nitrogen and oxygen atoms in total. The van der Waals surface area contributed by atoms with E-state index in [1.165, 1.54) is 24.4 Å². The van der Waals surface area contributed by atoms with Gasteiger partial charge in [0.1, 0.15) is 29.5 Å². The van der Waals surface area contributed by atoms with E-state index in [2.05, 4.69) is 25.3 Å². The Kier molecular flexibility index (Phi) is 10.5. The zero-order valence-electron chi connectivity index (χ0n) is 29.0. The monoisotopic (exact) mass is 892 g/mol. The van der Waals surface area contributed by atoms with E-state index in [4.69, 9.17) is 21.1 Å². The Labute approximate surface area is 322 Å². The number of methoxy groups -OCH3 is 1. The van der Waals surface area contributed by atoms with E-state index in [1.807, 2.05) is 22.6 Å². The van der Waals surface area contributed by atoms with Crippen LogP contribution in [0.3, 0.4) is 0 Å². The van der Waals surface area contributed by atoms with Gasteiger partial charge in [-0.3, -0.25) is 24.1 Å². The number of carbonyl (C=O) groups is 3. The van der Waals surface area contributed by atoms with E-state index in [1.54, 1.807) is 39.0 Å². The highest BCUT2D eigenvalue weighted by atomic mass is 127. The number of likely N-dealkylation sites (tertiary alicyclic amines) is 1. The molecule has 2 aliphatic carbocycles. The summed E-state index contributed by atoms with van der Waals surface area (Å²) < 4.78 is 79.3. The van der Waals surface area contributed by atoms with Gasteiger partial charge in [-0.25, -0.2) is 13.4 Å². The van der Waals surface area contributed by atoms with Gasteiger partial charge in [-0.1, -0.05) is 55.0 Å². The highest BCUT2D eigenvalue weighted by Crippen LogP contribution is 2.45. The molecule has 1 unspecified atom stereocenters. The Balaban J connectivity index is 1.32. The van der Waals surface area contributed by atoms with Gasteiger partial charge in [0.15, 0.2) is 0 Å². The first-order valence-electron chi connectivity index (χ1n) is 16.6. The van der Waals surface area contributed by atoms with Crippen molar-refractivity contribution < 1.29 is 45.4 Å². The summed E-state index contributed by atoms with van der Waals surface area (Å²) in [6.45, 7) is 4.99. The molecular weight excluding hydrogens is 856 g/mol. The number of nitrogens with zero attached hydrogens (tertiary/aromatic N) is 3. The van der Waals surface area contributed by atoms with Gasteiger partial charge in [-0.15, -0.1) is 0 Å². The first kappa shape index (κ1) is 39.1. The molecule has 3 aliphatic rings. The van der Waals surface area contributed by atoms with Crippen LogP contribution in [0.2, 0.25) is 5.02 Å². The molecule has 0 bridgehead atoms. The minimum absolute atomic E-state index is 0.0647. The Hall–Kier alpha value is -3.65. The lowest BCUT2D eigenvalue weighted by molar-refractivity contribution is -0.141. The van der Waals surface area contributed by atoms with E-state index in [0.717, 1.165) is 6.07 Å². The molecule has 3 aromatic rings. The molecule has 1 aliphatic heterocycles. The summed E-state index contributed by atoms with van der Waals surface area (Å²) in [6.07, 6.45) is -1.27. The van der Waals surface area contributed by atoms with Crippen molar-refractivity contribution in [1.82, 2.24) is 24.9 Å². The van der Waals surface area contributed by atoms with Crippen LogP contribution >= 0.6 is 34.2 Å². The summed E-state index contributed by atoms with van der Waals surface area (Å²) in [7, 11) is -2.43. The molecule has 3 heterocycles. The van der Waals surface area contributed by atoms with Gasteiger partial charge in [-0.05, 0) is 48.9 Å². The maximum Gasteiger partial charge on any atom is 0.417 e. The number of benzene rings is 1. The molecule has 286 valence electrons. The summed E-state index contributed by atoms with van der Waals surface area (Å²) in [5.41, 5.74) is -3.52. The Morgan fingerprint density at radius 3 is 2.40 bits per heavy atom. The van der Waals surface area contributed by atoms with Crippen molar-refractivity contribution in [3.63, 3.8) is 0 Å². The molecule has 2 saturated carbocycles. The number of ether oxygens (including phenoxy) is 2. The third-order valence-electron chi connectivity index (χ3n) is 9.44. The lowest BCUT2D eigenvalue weighted by Crippen LogP contribution is -2.58. The first-order chi connectivity index (χ1) is 24.7. The van der Waals surface area contributed by atoms with Crippen LogP contribution in [0.15, 0.2) is 42.9 Å². The third-order valence-corrected chi connectivity index (χ3v) is 13.0. The molecule has 3 amide bonds. The number of sulfonamides is 1. The number of rotatable bonds is 11. The molecule has 1 saturated heterocycles. The quantitative estimate of drug-likeness (QED) is 0.179. The number of pyridine rings is 2. The number of carbonyl (C=O) groups excluding carboxylic acids is 3. The zero-order valence-corrected chi connectivity index (χ0v) is 32.7. The van der Waals surface area contributed by atoms with Crippen LogP contribution in [0.5, 0.6) is 11.6 Å². The molecule has 3 N–H and O–H groups in total. The van der Waals surface area contributed by atoms with Gasteiger partial charge in [0.05, 0.1) is 36.4 Å². The van der Waals surface area contributed by atoms with Gasteiger partial charge >= 0.3 is 6.18 Å². The van der Waals surface area contributed by atoms with Crippen LogP contribution < -0.4 is 24.8 Å². The molecule has 3 fully saturated rings. The van der Waals surface area contributed by atoms with Crippen molar-refractivity contribution in [3.05, 3.63) is 53.4 Å². The van der Waals surface area contributed by atoms with E-state index >= 15 is 0 Å². The average molecular weight is 893 g/mol. The molecule has 53 heavy (non-hydrogen) atoms. The summed E-state index contributed by atoms with van der Waals surface area (Å²) in [5, 5.41) is 6.52. The highest BCUT2D eigenvalue weighted by Gasteiger charge is 2.62. The number of alkyl halides is 4. The summed E-state index contributed by atoms with van der Waals surface area (Å²) in [5.74, 6) is -1.62. The number of anilines is 1. The van der Waals surface area contributed by atoms with E-state index in [9.17, 15) is 36.0 Å². The summed E-state index contributed by atoms with van der Waals surface area (Å²) >= 11 is 8.26. The van der Waals surface area contributed by atoms with Crippen molar-refractivity contribution in [2.45, 2.75) is 85.5 Å². The lowest BCUT2D eigenvalue weighted by atomic mass is 9.85. The maximum absolute atomic E-state index is 14.6. The van der Waals surface area contributed by atoms with E-state index in [-0.39, 0.29) is 31.0 Å². The summed E-state index contributed by atoms with van der Waals surface area (Å²) in [4.78, 5) is 51.5. The second kappa shape index (κ2) is 14.2. The Morgan fingerprint density at radius 2 is 1.79 bits per heavy atom. The van der Waals surface area contributed by atoms with Crippen molar-refractivity contribution in [3.8, 4) is 11.6 Å². The molecular formula is C34H37ClF3IN6O7S. The second-order valence-electron chi connectivity index (χ2n) is 14.5. The van der Waals surface area contributed by atoms with Gasteiger partial charge in [-0.2, -0.15) is 13.2 Å². The first-order valence-corrected chi connectivity index (χ1v) is 19.8. The van der Waals surface area contributed by atoms with Crippen molar-refractivity contribution in [1.29, 1.82) is 0 Å². The normalized spacial score (nSPS) is 23.6. The summed E-state index contributed by atoms with van der Waals surface area (Å²) in [6, 6.07) is 3.49. The molecule has 0 radical (unpaired) electrons. The van der Waals surface area contributed by atoms with Crippen molar-refractivity contribution in [2.75, 3.05) is 19.0 Å². The number of fused-ring (bicyclic) bond motifs is 1. The number of hydrogen-bond acceptors (Lipinski definition) is 10. The van der Waals surface area contributed by atoms with Crippen LogP contribution in [0.25, 0.3) is 10.8 Å². The van der Waals surface area contributed by atoms with Crippen molar-refractivity contribution >= 4 is 78.4 Å². The number of amides is 3. The fourth-order valence-corrected chi connectivity index (χ4v) is 8.91. The highest BCUT2D eigenvalue weighted by molar-refractivity contribution is 14.1. The fourth-order valence-electron chi connectivity index (χ4n) is 6.24. The van der Waals surface area contributed by atoms with E-state index < -0.39 is 77.8 Å². The number of halogens is 5. The zero-order chi connectivity index (χ0) is 38.7. The molecule has 1 aromatic carbocycles. The largest absolute Gasteiger partial charge is 0.494 e. The van der Waals surface area contributed by atoms with Crippen molar-refractivity contribution in [2.24, 2.45) is 5.41 Å². The van der Waals surface area contributed by atoms with Gasteiger partial charge in [0, 0.05) is 38.5 Å². The second-order valence-corrected chi connectivity index (χ2v) is 18.4. The smallest absolute Gasteiger partial charge is 0.417 e. The standard InChI is InChI=1S/C34H37ClF3IN6O7S/c1-32(2,3)27(42-19-9-17(13-40-14-19)34(36,37)38)30(47)45-16-20(52-29-23-10-18(35)5-8-22(23)25(51-4)15-41-29)11-24(45)28(46)43-33(12-26(33)39)31(48)44-53(49,50)21-6-7-21/h5,8-10,13-15,20-21,24,26-27,42H,6-7,11-12,16H2,1-4H3,(H,43,46)(H,44,48)/t20-,24+,26-,27?,33-/m1/s1. The van der Waals surface area contributed by atoms with Gasteiger partial charge < -0.3 is 25.0 Å². The fraction of sp³-hybridized carbons (Fsp3) is 0.500. The number of nitrogens with one attached hydrogen (secondary N) is 3. The van der Waals surface area contributed by atoms with Crippen LogP contribution in [0.4, 0.5) is 18.9 Å². The topological polar surface area (TPSA) is 169 Å². The van der Waals surface area contributed by atoms with Gasteiger partial charge in [0.2, 0.25) is 27.7 Å². The average Bonchev–Trinajstić information content (AvgIpc) is 4.00. The van der Waals surface area contributed by atoms with Crippen LogP contribution in [0.1, 0.15) is 52.0 Å². The predicted octanol–water partition coefficient (Wildman–Crippen LogP) is 4.86. The van der Waals surface area contributed by atoms with Gasteiger partial charge in [0.25, 0.3) is 5.91 Å². The van der Waals surface area contributed by atoms with Crippen LogP contribution in [-0.4, -0.2) is 87.6 Å². The molecule has 19 heteroatoms. The molecule has 5 atom stereocenters. The lowest BCUT2D eigenvalue weighted by Gasteiger charge is -2.36. The number of hydrogen-bond donors (Lipinski definition) is 3. The van der Waals surface area contributed by atoms with Crippen LogP contribution in [-0.2, 0) is 30.6 Å². The SMILES string of the molecule is COc1cnc(O[C@@H]2C[C@@H](C(=O)N[C@]3(C(=O)NS(=O)(=O)C4CC4)C[C@H]3I)N(C(=O)C(Nc3cncc(C(F)(F)F)c3)C(C)(C)C)C2)c2cc(Cl)ccc12. The molecule has 2 aromatic heterocycles. The Morgan fingerprint density at radius 1 is 1.09 bits per heavy atom. The third kappa shape index (κ3) is 8.23. The predicted molar refractivity (Wildman–Crippen MR) is 197 cm³/mol. The van der Waals surface area contributed by atoms with E-state index in [0.29, 0.717) is 40.6 Å². The minimum atomic E-state index is -4.68. The minimum Gasteiger partial charge on any atom is -0.494 e. The number of aromatic nitrogens is 2. The van der Waals surface area contributed by atoms with Crippen LogP contribution in [0, 0.1) is 5.41 Å². The molecule has 6 rings (SSSR count). The maximum atomic E-state index is 14.6. The molecule has 0 spiro atoms. The Bertz CT molecular complexity index is 2070.